The zero-order valence-electron chi connectivity index (χ0n) is 25.7. The molecule has 0 unspecified atom stereocenters. The number of esters is 1. The van der Waals surface area contributed by atoms with E-state index in [0.29, 0.717) is 0 Å². The minimum Gasteiger partial charge on any atom is -0.467 e. The molecule has 6 rings (SSSR count). The summed E-state index contributed by atoms with van der Waals surface area (Å²) in [5.41, 5.74) is 12.0. The molecule has 13 nitrogen and oxygen atoms in total. The third kappa shape index (κ3) is 7.82. The number of aliphatic hydroxyl groups excluding tert-OH is 1. The van der Waals surface area contributed by atoms with Crippen LogP contribution in [-0.2, 0) is 62.5 Å². The summed E-state index contributed by atoms with van der Waals surface area (Å²) in [5, 5.41) is 15.4. The molecule has 3 aromatic carbocycles. The molecule has 3 aliphatic heterocycles. The Morgan fingerprint density at radius 1 is 0.809 bits per heavy atom. The van der Waals surface area contributed by atoms with Crippen LogP contribution in [-0.4, -0.2) is 86.1 Å². The summed E-state index contributed by atoms with van der Waals surface area (Å²) in [4.78, 5) is 15.9. The molecule has 3 aliphatic rings. The Morgan fingerprint density at radius 3 is 1.87 bits per heavy atom. The lowest BCUT2D eigenvalue weighted by molar-refractivity contribution is -0.340. The quantitative estimate of drug-likeness (QED) is 0.125. The van der Waals surface area contributed by atoms with Crippen LogP contribution in [0, 0.1) is 0 Å². The summed E-state index contributed by atoms with van der Waals surface area (Å²) in [5.74, 6) is -0.811. The Bertz CT molecular complexity index is 1480. The summed E-state index contributed by atoms with van der Waals surface area (Å²) in [7, 11) is 1.20. The number of nitrogens with zero attached hydrogens (tertiary/aromatic N) is 3. The Balaban J connectivity index is 1.32. The van der Waals surface area contributed by atoms with Gasteiger partial charge in [-0.05, 0) is 22.2 Å². The van der Waals surface area contributed by atoms with Crippen molar-refractivity contribution in [3.05, 3.63) is 118 Å². The first-order valence-electron chi connectivity index (χ1n) is 15.4. The molecule has 3 aromatic rings. The van der Waals surface area contributed by atoms with E-state index in [0.717, 1.165) is 16.7 Å². The maximum absolute atomic E-state index is 12.9. The Labute approximate surface area is 271 Å². The van der Waals surface area contributed by atoms with Gasteiger partial charge in [0.25, 0.3) is 0 Å². The maximum Gasteiger partial charge on any atom is 0.337 e. The predicted molar refractivity (Wildman–Crippen MR) is 164 cm³/mol. The van der Waals surface area contributed by atoms with E-state index < -0.39 is 67.3 Å². The Kier molecular flexibility index (Phi) is 11.1. The second kappa shape index (κ2) is 15.8. The summed E-state index contributed by atoms with van der Waals surface area (Å²) in [6.07, 6.45) is -9.53. The van der Waals surface area contributed by atoms with Gasteiger partial charge in [-0.15, -0.1) is 0 Å². The molecule has 0 amide bonds. The minimum atomic E-state index is -1.46. The van der Waals surface area contributed by atoms with Crippen LogP contribution < -0.4 is 0 Å². The van der Waals surface area contributed by atoms with Crippen LogP contribution in [0.4, 0.5) is 0 Å². The Hall–Kier alpha value is -3.88. The van der Waals surface area contributed by atoms with Gasteiger partial charge in [-0.25, -0.2) is 4.79 Å². The van der Waals surface area contributed by atoms with Gasteiger partial charge in [0, 0.05) is 4.91 Å². The van der Waals surface area contributed by atoms with E-state index in [1.54, 1.807) is 0 Å². The van der Waals surface area contributed by atoms with Crippen LogP contribution in [0.5, 0.6) is 0 Å². The number of fused-ring (bicyclic) bond motifs is 2. The fourth-order valence-corrected chi connectivity index (χ4v) is 5.96. The third-order valence-corrected chi connectivity index (χ3v) is 8.32. The molecule has 0 aromatic heterocycles. The van der Waals surface area contributed by atoms with Crippen molar-refractivity contribution in [3.63, 3.8) is 0 Å². The first-order chi connectivity index (χ1) is 23.1. The highest BCUT2D eigenvalue weighted by atomic mass is 16.8. The third-order valence-electron chi connectivity index (χ3n) is 8.32. The summed E-state index contributed by atoms with van der Waals surface area (Å²) in [6, 6.07) is 27.5. The summed E-state index contributed by atoms with van der Waals surface area (Å²) >= 11 is 0. The van der Waals surface area contributed by atoms with Gasteiger partial charge in [0.1, 0.15) is 42.7 Å². The standard InChI is InChI=1S/C34H37N3O10/c1-40-32(39)30-26(38)29(42-18-22-13-7-3-8-14-22)31(43-19-23-15-9-4-10-16-23)34(47-30)46-27-24-20-44-33(45-24)25(36-37-35)28(27)41-17-21-11-5-2-6-12-21/h2-16,24-31,33-34,38H,17-20H2,1H3/t24-,25-,26+,27-,28-,29+,30+,31-,33-,34-/m1/s1. The largest absolute Gasteiger partial charge is 0.467 e. The molecular formula is C34H37N3O10. The number of benzene rings is 3. The molecule has 47 heavy (non-hydrogen) atoms. The molecule has 2 bridgehead atoms. The highest BCUT2D eigenvalue weighted by Gasteiger charge is 2.56. The number of hydrogen-bond acceptors (Lipinski definition) is 11. The lowest BCUT2D eigenvalue weighted by Crippen LogP contribution is -2.64. The highest BCUT2D eigenvalue weighted by Crippen LogP contribution is 2.37. The average Bonchev–Trinajstić information content (AvgIpc) is 3.55. The van der Waals surface area contributed by atoms with E-state index >= 15 is 0 Å². The van der Waals surface area contributed by atoms with Gasteiger partial charge in [0.2, 0.25) is 0 Å². The molecule has 248 valence electrons. The van der Waals surface area contributed by atoms with Crippen LogP contribution in [0.3, 0.4) is 0 Å². The van der Waals surface area contributed by atoms with E-state index in [-0.39, 0.29) is 26.4 Å². The summed E-state index contributed by atoms with van der Waals surface area (Å²) in [6.45, 7) is 0.562. The van der Waals surface area contributed by atoms with Gasteiger partial charge in [-0.1, -0.05) is 96.1 Å². The van der Waals surface area contributed by atoms with Crippen LogP contribution in [0.25, 0.3) is 10.4 Å². The maximum atomic E-state index is 12.9. The molecule has 0 radical (unpaired) electrons. The number of hydrogen-bond donors (Lipinski definition) is 1. The van der Waals surface area contributed by atoms with Gasteiger partial charge in [-0.3, -0.25) is 0 Å². The average molecular weight is 648 g/mol. The van der Waals surface area contributed by atoms with Crippen LogP contribution >= 0.6 is 0 Å². The molecule has 1 N–H and O–H groups in total. The number of carbonyl (C=O) groups is 1. The SMILES string of the molecule is COC(=O)[C@H]1O[C@@H](O[C@H]2[C@H](OCc3ccccc3)[C@@H](N=[N+]=[N-])[C@@H]3OC[C@H]2O3)[C@H](OCc2ccccc2)[C@@H](OCc2ccccc2)[C@@H]1O. The predicted octanol–water partition coefficient (Wildman–Crippen LogP) is 3.82. The van der Waals surface area contributed by atoms with E-state index in [1.165, 1.54) is 7.11 Å². The number of azide groups is 1. The van der Waals surface area contributed by atoms with E-state index in [1.807, 2.05) is 91.0 Å². The van der Waals surface area contributed by atoms with Crippen molar-refractivity contribution in [3.8, 4) is 0 Å². The first kappa shape index (κ1) is 33.0. The van der Waals surface area contributed by atoms with Gasteiger partial charge in [0.05, 0.1) is 33.5 Å². The van der Waals surface area contributed by atoms with Gasteiger partial charge < -0.3 is 43.0 Å². The Morgan fingerprint density at radius 2 is 1.34 bits per heavy atom. The van der Waals surface area contributed by atoms with Crippen molar-refractivity contribution in [2.45, 2.75) is 81.2 Å². The lowest BCUT2D eigenvalue weighted by Gasteiger charge is -2.46. The van der Waals surface area contributed by atoms with Gasteiger partial charge in [0.15, 0.2) is 18.7 Å². The zero-order valence-corrected chi connectivity index (χ0v) is 25.7. The molecule has 0 aliphatic carbocycles. The van der Waals surface area contributed by atoms with Crippen molar-refractivity contribution in [2.75, 3.05) is 13.7 Å². The second-order valence-electron chi connectivity index (χ2n) is 11.4. The van der Waals surface area contributed by atoms with Crippen molar-refractivity contribution in [2.24, 2.45) is 5.11 Å². The number of methoxy groups -OCH3 is 1. The number of aliphatic hydroxyl groups is 1. The number of ether oxygens (including phenoxy) is 8. The van der Waals surface area contributed by atoms with Crippen LogP contribution in [0.2, 0.25) is 0 Å². The monoisotopic (exact) mass is 647 g/mol. The minimum absolute atomic E-state index is 0.112. The molecular weight excluding hydrogens is 610 g/mol. The van der Waals surface area contributed by atoms with E-state index in [2.05, 4.69) is 10.0 Å². The normalized spacial score (nSPS) is 31.5. The summed E-state index contributed by atoms with van der Waals surface area (Å²) < 4.78 is 48.7. The van der Waals surface area contributed by atoms with Crippen molar-refractivity contribution in [1.29, 1.82) is 0 Å². The molecule has 3 fully saturated rings. The molecule has 3 heterocycles. The second-order valence-corrected chi connectivity index (χ2v) is 11.4. The van der Waals surface area contributed by atoms with Gasteiger partial charge >= 0.3 is 5.97 Å². The topological polar surface area (TPSA) is 160 Å². The number of carbonyl (C=O) groups excluding carboxylic acids is 1. The fourth-order valence-electron chi connectivity index (χ4n) is 5.96. The molecule has 0 saturated carbocycles. The van der Waals surface area contributed by atoms with Gasteiger partial charge in [-0.2, -0.15) is 0 Å². The smallest absolute Gasteiger partial charge is 0.337 e. The zero-order chi connectivity index (χ0) is 32.6. The fraction of sp³-hybridized carbons (Fsp3) is 0.441. The highest BCUT2D eigenvalue weighted by molar-refractivity contribution is 5.75. The molecule has 0 spiro atoms. The molecule has 3 saturated heterocycles. The number of rotatable bonds is 13. The van der Waals surface area contributed by atoms with Crippen molar-refractivity contribution < 1.29 is 47.8 Å². The molecule has 13 heteroatoms. The molecule has 10 atom stereocenters. The van der Waals surface area contributed by atoms with Crippen LogP contribution in [0.15, 0.2) is 96.1 Å². The van der Waals surface area contributed by atoms with Crippen molar-refractivity contribution >= 4 is 5.97 Å². The first-order valence-corrected chi connectivity index (χ1v) is 15.4. The van der Waals surface area contributed by atoms with E-state index in [4.69, 9.17) is 37.9 Å². The van der Waals surface area contributed by atoms with E-state index in [9.17, 15) is 15.4 Å². The lowest BCUT2D eigenvalue weighted by atomic mass is 9.96. The van der Waals surface area contributed by atoms with Crippen LogP contribution in [0.1, 0.15) is 16.7 Å². The van der Waals surface area contributed by atoms with Crippen molar-refractivity contribution in [1.82, 2.24) is 0 Å².